The molecule has 0 bridgehead atoms. The smallest absolute Gasteiger partial charge is 0.227 e. The summed E-state index contributed by atoms with van der Waals surface area (Å²) >= 11 is 5.38. The highest BCUT2D eigenvalue weighted by Gasteiger charge is 2.04. The Bertz CT molecular complexity index is 504. The van der Waals surface area contributed by atoms with Gasteiger partial charge >= 0.3 is 0 Å². The van der Waals surface area contributed by atoms with Crippen molar-refractivity contribution in [2.75, 3.05) is 5.32 Å². The van der Waals surface area contributed by atoms with Crippen molar-refractivity contribution in [3.05, 3.63) is 44.5 Å². The van der Waals surface area contributed by atoms with Gasteiger partial charge in [-0.1, -0.05) is 15.9 Å². The number of aromatic nitrogens is 2. The number of halogens is 3. The quantitative estimate of drug-likeness (QED) is 0.790. The lowest BCUT2D eigenvalue weighted by Crippen LogP contribution is -1.98. The van der Waals surface area contributed by atoms with Gasteiger partial charge in [-0.3, -0.25) is 0 Å². The summed E-state index contributed by atoms with van der Waals surface area (Å²) in [4.78, 5) is 8.07. The average molecular weight is 394 g/mol. The standard InChI is InChI=1S/C10H6BrFIN3/c11-6-1-2-8(12)9(3-6)16-10-14-4-7(13)5-15-10/h1-5H,(H,14,15,16). The summed E-state index contributed by atoms with van der Waals surface area (Å²) in [7, 11) is 0. The highest BCUT2D eigenvalue weighted by atomic mass is 127. The maximum atomic E-state index is 13.4. The molecule has 0 spiro atoms. The number of nitrogens with one attached hydrogen (secondary N) is 1. The van der Waals surface area contributed by atoms with Crippen LogP contribution in [0.2, 0.25) is 0 Å². The van der Waals surface area contributed by atoms with Crippen LogP contribution < -0.4 is 5.32 Å². The molecule has 6 heteroatoms. The molecule has 0 saturated heterocycles. The molecule has 1 aromatic carbocycles. The van der Waals surface area contributed by atoms with E-state index in [-0.39, 0.29) is 5.82 Å². The number of hydrogen-bond acceptors (Lipinski definition) is 3. The van der Waals surface area contributed by atoms with Crippen molar-refractivity contribution in [3.8, 4) is 0 Å². The Hall–Kier alpha value is -0.760. The van der Waals surface area contributed by atoms with E-state index in [2.05, 4.69) is 53.8 Å². The van der Waals surface area contributed by atoms with Crippen LogP contribution in [0.25, 0.3) is 0 Å². The van der Waals surface area contributed by atoms with E-state index in [1.807, 2.05) is 0 Å². The molecule has 1 heterocycles. The van der Waals surface area contributed by atoms with Crippen molar-refractivity contribution in [1.82, 2.24) is 9.97 Å². The van der Waals surface area contributed by atoms with E-state index < -0.39 is 0 Å². The number of rotatable bonds is 2. The minimum Gasteiger partial charge on any atom is -0.322 e. The molecule has 3 nitrogen and oxygen atoms in total. The van der Waals surface area contributed by atoms with Crippen LogP contribution in [-0.4, -0.2) is 9.97 Å². The molecule has 2 aromatic rings. The molecular formula is C10H6BrFIN3. The van der Waals surface area contributed by atoms with Gasteiger partial charge in [0.25, 0.3) is 0 Å². The second kappa shape index (κ2) is 5.05. The van der Waals surface area contributed by atoms with Crippen LogP contribution in [0.4, 0.5) is 16.0 Å². The van der Waals surface area contributed by atoms with Gasteiger partial charge < -0.3 is 5.32 Å². The normalized spacial score (nSPS) is 10.2. The van der Waals surface area contributed by atoms with Crippen LogP contribution in [-0.2, 0) is 0 Å². The molecule has 2 rings (SSSR count). The fourth-order valence-corrected chi connectivity index (χ4v) is 1.73. The van der Waals surface area contributed by atoms with Gasteiger partial charge in [-0.2, -0.15) is 0 Å². The SMILES string of the molecule is Fc1ccc(Br)cc1Nc1ncc(I)cn1. The summed E-state index contributed by atoms with van der Waals surface area (Å²) in [5, 5.41) is 2.81. The van der Waals surface area contributed by atoms with Gasteiger partial charge in [0.2, 0.25) is 5.95 Å². The first-order valence-electron chi connectivity index (χ1n) is 4.35. The van der Waals surface area contributed by atoms with Crippen molar-refractivity contribution < 1.29 is 4.39 Å². The van der Waals surface area contributed by atoms with Gasteiger partial charge in [0.15, 0.2) is 0 Å². The van der Waals surface area contributed by atoms with Crippen LogP contribution in [0, 0.1) is 9.39 Å². The lowest BCUT2D eigenvalue weighted by Gasteiger charge is -2.05. The van der Waals surface area contributed by atoms with Crippen LogP contribution >= 0.6 is 38.5 Å². The third-order valence-electron chi connectivity index (χ3n) is 1.80. The van der Waals surface area contributed by atoms with Gasteiger partial charge in [-0.25, -0.2) is 14.4 Å². The Morgan fingerprint density at radius 2 is 1.94 bits per heavy atom. The summed E-state index contributed by atoms with van der Waals surface area (Å²) in [6.07, 6.45) is 3.32. The summed E-state index contributed by atoms with van der Waals surface area (Å²) in [5.41, 5.74) is 0.343. The molecule has 1 aromatic heterocycles. The summed E-state index contributed by atoms with van der Waals surface area (Å²) in [6, 6.07) is 4.64. The first-order chi connectivity index (χ1) is 7.65. The van der Waals surface area contributed by atoms with Crippen LogP contribution in [0.3, 0.4) is 0 Å². The Balaban J connectivity index is 2.26. The second-order valence-electron chi connectivity index (χ2n) is 2.97. The molecule has 0 aliphatic carbocycles. The van der Waals surface area contributed by atoms with Gasteiger partial charge in [0.1, 0.15) is 5.82 Å². The highest BCUT2D eigenvalue weighted by Crippen LogP contribution is 2.22. The zero-order valence-corrected chi connectivity index (χ0v) is 11.7. The fraction of sp³-hybridized carbons (Fsp3) is 0. The fourth-order valence-electron chi connectivity index (χ4n) is 1.09. The highest BCUT2D eigenvalue weighted by molar-refractivity contribution is 14.1. The second-order valence-corrected chi connectivity index (χ2v) is 5.14. The van der Waals surface area contributed by atoms with Crippen molar-refractivity contribution >= 4 is 50.2 Å². The molecule has 0 unspecified atom stereocenters. The first-order valence-corrected chi connectivity index (χ1v) is 6.22. The first kappa shape index (κ1) is 11.7. The largest absolute Gasteiger partial charge is 0.322 e. The summed E-state index contributed by atoms with van der Waals surface area (Å²) in [6.45, 7) is 0. The number of anilines is 2. The van der Waals surface area contributed by atoms with Crippen LogP contribution in [0.5, 0.6) is 0 Å². The Kier molecular flexibility index (Phi) is 3.70. The Morgan fingerprint density at radius 3 is 2.62 bits per heavy atom. The maximum Gasteiger partial charge on any atom is 0.227 e. The summed E-state index contributed by atoms with van der Waals surface area (Å²) in [5.74, 6) is 0.0303. The van der Waals surface area contributed by atoms with Crippen molar-refractivity contribution in [1.29, 1.82) is 0 Å². The maximum absolute atomic E-state index is 13.4. The minimum absolute atomic E-state index is 0.342. The molecular weight excluding hydrogens is 388 g/mol. The molecule has 0 saturated carbocycles. The molecule has 0 aliphatic heterocycles. The monoisotopic (exact) mass is 393 g/mol. The third kappa shape index (κ3) is 2.88. The predicted molar refractivity (Wildman–Crippen MR) is 72.1 cm³/mol. The third-order valence-corrected chi connectivity index (χ3v) is 2.85. The minimum atomic E-state index is -0.342. The van der Waals surface area contributed by atoms with Crippen molar-refractivity contribution in [3.63, 3.8) is 0 Å². The average Bonchev–Trinajstić information content (AvgIpc) is 2.27. The van der Waals surface area contributed by atoms with Crippen molar-refractivity contribution in [2.45, 2.75) is 0 Å². The molecule has 0 fully saturated rings. The van der Waals surface area contributed by atoms with E-state index in [9.17, 15) is 4.39 Å². The molecule has 0 amide bonds. The number of nitrogens with zero attached hydrogens (tertiary/aromatic N) is 2. The predicted octanol–water partition coefficient (Wildman–Crippen LogP) is 3.73. The molecule has 0 atom stereocenters. The molecule has 0 aliphatic rings. The Labute approximate surface area is 114 Å². The lowest BCUT2D eigenvalue weighted by atomic mass is 10.3. The zero-order chi connectivity index (χ0) is 11.5. The van der Waals surface area contributed by atoms with Crippen LogP contribution in [0.1, 0.15) is 0 Å². The van der Waals surface area contributed by atoms with E-state index >= 15 is 0 Å². The Morgan fingerprint density at radius 1 is 1.25 bits per heavy atom. The van der Waals surface area contributed by atoms with Gasteiger partial charge in [0, 0.05) is 20.4 Å². The topological polar surface area (TPSA) is 37.8 Å². The summed E-state index contributed by atoms with van der Waals surface area (Å²) < 4.78 is 15.1. The number of hydrogen-bond donors (Lipinski definition) is 1. The van der Waals surface area contributed by atoms with Gasteiger partial charge in [-0.15, -0.1) is 0 Å². The van der Waals surface area contributed by atoms with E-state index in [0.29, 0.717) is 11.6 Å². The van der Waals surface area contributed by atoms with E-state index in [1.165, 1.54) is 6.07 Å². The van der Waals surface area contributed by atoms with Gasteiger partial charge in [0.05, 0.1) is 5.69 Å². The zero-order valence-electron chi connectivity index (χ0n) is 7.92. The van der Waals surface area contributed by atoms with Gasteiger partial charge in [-0.05, 0) is 40.8 Å². The molecule has 82 valence electrons. The van der Waals surface area contributed by atoms with E-state index in [0.717, 1.165) is 8.04 Å². The molecule has 0 radical (unpaired) electrons. The van der Waals surface area contributed by atoms with Crippen LogP contribution in [0.15, 0.2) is 35.1 Å². The van der Waals surface area contributed by atoms with Crippen molar-refractivity contribution in [2.24, 2.45) is 0 Å². The van der Waals surface area contributed by atoms with E-state index in [1.54, 1.807) is 24.5 Å². The lowest BCUT2D eigenvalue weighted by molar-refractivity contribution is 0.631. The number of benzene rings is 1. The molecule has 16 heavy (non-hydrogen) atoms. The van der Waals surface area contributed by atoms with E-state index in [4.69, 9.17) is 0 Å². The molecule has 1 N–H and O–H groups in total.